The number of benzene rings is 2. The number of hydrogen-bond donors (Lipinski definition) is 1. The predicted molar refractivity (Wildman–Crippen MR) is 93.2 cm³/mol. The highest BCUT2D eigenvalue weighted by Gasteiger charge is 2.19. The number of ether oxygens (including phenoxy) is 3. The van der Waals surface area contributed by atoms with E-state index in [-0.39, 0.29) is 18.3 Å². The maximum absolute atomic E-state index is 12.1. The second-order valence-corrected chi connectivity index (χ2v) is 7.67. The van der Waals surface area contributed by atoms with Gasteiger partial charge in [0.05, 0.1) is 11.5 Å². The molecule has 0 saturated carbocycles. The van der Waals surface area contributed by atoms with Gasteiger partial charge in [-0.05, 0) is 24.3 Å². The molecule has 0 unspecified atom stereocenters. The molecule has 0 saturated heterocycles. The topological polar surface area (TPSA) is 90.9 Å². The van der Waals surface area contributed by atoms with Gasteiger partial charge in [-0.3, -0.25) is 4.79 Å². The summed E-state index contributed by atoms with van der Waals surface area (Å²) in [5.74, 6) is -0.149. The van der Waals surface area contributed by atoms with E-state index in [0.29, 0.717) is 22.9 Å². The molecule has 9 heteroatoms. The summed E-state index contributed by atoms with van der Waals surface area (Å²) in [4.78, 5) is 12.0. The van der Waals surface area contributed by atoms with Crippen molar-refractivity contribution in [2.75, 3.05) is 13.3 Å². The number of carbonyl (C=O) groups excluding carboxylic acids is 1. The quantitative estimate of drug-likeness (QED) is 0.751. The number of sulfonamides is 1. The summed E-state index contributed by atoms with van der Waals surface area (Å²) >= 11 is 6.04. The minimum atomic E-state index is -3.77. The van der Waals surface area contributed by atoms with Crippen molar-refractivity contribution in [1.82, 2.24) is 4.72 Å². The first-order chi connectivity index (χ1) is 12.5. The number of esters is 1. The monoisotopic (exact) mass is 397 g/mol. The molecular weight excluding hydrogens is 382 g/mol. The van der Waals surface area contributed by atoms with E-state index in [1.807, 2.05) is 0 Å². The Bertz CT molecular complexity index is 901. The SMILES string of the molecule is O=C(CNS(=O)(=O)c1ccccc1)OCc1cc(Cl)cc2c1OCOC2. The number of carbonyl (C=O) groups is 1. The van der Waals surface area contributed by atoms with Crippen LogP contribution in [-0.4, -0.2) is 27.7 Å². The molecule has 1 N–H and O–H groups in total. The van der Waals surface area contributed by atoms with E-state index >= 15 is 0 Å². The van der Waals surface area contributed by atoms with Gasteiger partial charge in [-0.25, -0.2) is 8.42 Å². The number of nitrogens with one attached hydrogen (secondary N) is 1. The van der Waals surface area contributed by atoms with Gasteiger partial charge in [0, 0.05) is 16.1 Å². The van der Waals surface area contributed by atoms with E-state index in [2.05, 4.69) is 4.72 Å². The Labute approximate surface area is 155 Å². The van der Waals surface area contributed by atoms with Crippen molar-refractivity contribution in [3.8, 4) is 5.75 Å². The summed E-state index contributed by atoms with van der Waals surface area (Å²) in [5, 5.41) is 0.466. The number of halogens is 1. The van der Waals surface area contributed by atoms with Crippen LogP contribution in [0.2, 0.25) is 5.02 Å². The smallest absolute Gasteiger partial charge is 0.321 e. The maximum Gasteiger partial charge on any atom is 0.321 e. The normalized spacial score (nSPS) is 13.6. The highest BCUT2D eigenvalue weighted by Crippen LogP contribution is 2.32. The van der Waals surface area contributed by atoms with Crippen LogP contribution in [0.1, 0.15) is 11.1 Å². The molecule has 0 aromatic heterocycles. The van der Waals surface area contributed by atoms with Crippen LogP contribution in [0.5, 0.6) is 5.75 Å². The van der Waals surface area contributed by atoms with Gasteiger partial charge in [0.15, 0.2) is 6.79 Å². The highest BCUT2D eigenvalue weighted by atomic mass is 35.5. The zero-order valence-electron chi connectivity index (χ0n) is 13.6. The fourth-order valence-corrected chi connectivity index (χ4v) is 3.66. The second kappa shape index (κ2) is 8.05. The Morgan fingerprint density at radius 1 is 1.23 bits per heavy atom. The Morgan fingerprint density at radius 2 is 2.00 bits per heavy atom. The van der Waals surface area contributed by atoms with Gasteiger partial charge in [-0.2, -0.15) is 4.72 Å². The fraction of sp³-hybridized carbons (Fsp3) is 0.235. The van der Waals surface area contributed by atoms with Crippen LogP contribution in [0, 0.1) is 0 Å². The molecule has 0 fully saturated rings. The van der Waals surface area contributed by atoms with Gasteiger partial charge >= 0.3 is 5.97 Å². The van der Waals surface area contributed by atoms with Gasteiger partial charge in [0.1, 0.15) is 18.9 Å². The molecule has 0 aliphatic carbocycles. The van der Waals surface area contributed by atoms with E-state index in [1.54, 1.807) is 30.3 Å². The first-order valence-electron chi connectivity index (χ1n) is 7.68. The molecule has 7 nitrogen and oxygen atoms in total. The second-order valence-electron chi connectivity index (χ2n) is 5.46. The third-order valence-electron chi connectivity index (χ3n) is 3.60. The van der Waals surface area contributed by atoms with Gasteiger partial charge in [-0.1, -0.05) is 29.8 Å². The van der Waals surface area contributed by atoms with Crippen molar-refractivity contribution in [3.63, 3.8) is 0 Å². The molecule has 0 radical (unpaired) electrons. The number of hydrogen-bond acceptors (Lipinski definition) is 6. The average molecular weight is 398 g/mol. The van der Waals surface area contributed by atoms with Crippen molar-refractivity contribution in [1.29, 1.82) is 0 Å². The zero-order chi connectivity index (χ0) is 18.6. The fourth-order valence-electron chi connectivity index (χ4n) is 2.41. The van der Waals surface area contributed by atoms with Crippen LogP contribution in [0.3, 0.4) is 0 Å². The largest absolute Gasteiger partial charge is 0.467 e. The lowest BCUT2D eigenvalue weighted by molar-refractivity contribution is -0.143. The lowest BCUT2D eigenvalue weighted by Crippen LogP contribution is -2.30. The molecule has 1 heterocycles. The molecule has 2 aromatic carbocycles. The van der Waals surface area contributed by atoms with Crippen molar-refractivity contribution >= 4 is 27.6 Å². The van der Waals surface area contributed by atoms with Gasteiger partial charge in [0.2, 0.25) is 10.0 Å². The Morgan fingerprint density at radius 3 is 2.77 bits per heavy atom. The molecule has 138 valence electrons. The van der Waals surface area contributed by atoms with E-state index in [4.69, 9.17) is 25.8 Å². The standard InChI is InChI=1S/C17H16ClNO6S/c18-14-6-12-9-23-11-25-17(12)13(7-14)10-24-16(20)8-19-26(21,22)15-4-2-1-3-5-15/h1-7,19H,8-11H2. The third kappa shape index (κ3) is 4.53. The summed E-state index contributed by atoms with van der Waals surface area (Å²) in [6.07, 6.45) is 0. The van der Waals surface area contributed by atoms with Crippen molar-refractivity contribution in [2.24, 2.45) is 0 Å². The summed E-state index contributed by atoms with van der Waals surface area (Å²) < 4.78 is 42.1. The first kappa shape index (κ1) is 18.7. The van der Waals surface area contributed by atoms with Crippen LogP contribution in [-0.2, 0) is 37.5 Å². The zero-order valence-corrected chi connectivity index (χ0v) is 15.2. The van der Waals surface area contributed by atoms with Crippen LogP contribution in [0.15, 0.2) is 47.4 Å². The average Bonchev–Trinajstić information content (AvgIpc) is 2.65. The summed E-state index contributed by atoms with van der Waals surface area (Å²) in [6, 6.07) is 11.1. The predicted octanol–water partition coefficient (Wildman–Crippen LogP) is 2.23. The molecule has 0 bridgehead atoms. The molecule has 1 aliphatic heterocycles. The van der Waals surface area contributed by atoms with E-state index in [0.717, 1.165) is 5.56 Å². The molecule has 0 amide bonds. The Kier molecular flexibility index (Phi) is 5.77. The molecule has 26 heavy (non-hydrogen) atoms. The molecule has 3 rings (SSSR count). The molecule has 1 aliphatic rings. The summed E-state index contributed by atoms with van der Waals surface area (Å²) in [6.45, 7) is -0.112. The van der Waals surface area contributed by atoms with Crippen molar-refractivity contribution in [2.45, 2.75) is 18.1 Å². The molecule has 0 spiro atoms. The van der Waals surface area contributed by atoms with E-state index in [9.17, 15) is 13.2 Å². The van der Waals surface area contributed by atoms with Crippen molar-refractivity contribution in [3.05, 3.63) is 58.6 Å². The third-order valence-corrected chi connectivity index (χ3v) is 5.24. The molecular formula is C17H16ClNO6S. The minimum absolute atomic E-state index is 0.0742. The van der Waals surface area contributed by atoms with Gasteiger partial charge in [0.25, 0.3) is 0 Å². The number of fused-ring (bicyclic) bond motifs is 1. The van der Waals surface area contributed by atoms with Crippen LogP contribution in [0.4, 0.5) is 0 Å². The van der Waals surface area contributed by atoms with Gasteiger partial charge < -0.3 is 14.2 Å². The first-order valence-corrected chi connectivity index (χ1v) is 9.54. The summed E-state index contributed by atoms with van der Waals surface area (Å²) in [7, 11) is -3.77. The lowest BCUT2D eigenvalue weighted by atomic mass is 10.1. The van der Waals surface area contributed by atoms with Crippen LogP contribution < -0.4 is 9.46 Å². The lowest BCUT2D eigenvalue weighted by Gasteiger charge is -2.21. The van der Waals surface area contributed by atoms with Gasteiger partial charge in [-0.15, -0.1) is 0 Å². The van der Waals surface area contributed by atoms with E-state index < -0.39 is 22.5 Å². The highest BCUT2D eigenvalue weighted by molar-refractivity contribution is 7.89. The number of rotatable bonds is 6. The van der Waals surface area contributed by atoms with E-state index in [1.165, 1.54) is 12.1 Å². The van der Waals surface area contributed by atoms with Crippen molar-refractivity contribution < 1.29 is 27.4 Å². The summed E-state index contributed by atoms with van der Waals surface area (Å²) in [5.41, 5.74) is 1.36. The van der Waals surface area contributed by atoms with Crippen LogP contribution >= 0.6 is 11.6 Å². The molecule has 0 atom stereocenters. The Hall–Kier alpha value is -2.13. The minimum Gasteiger partial charge on any atom is -0.467 e. The maximum atomic E-state index is 12.1. The Balaban J connectivity index is 1.59. The van der Waals surface area contributed by atoms with Crippen LogP contribution in [0.25, 0.3) is 0 Å². The molecule has 2 aromatic rings.